The van der Waals surface area contributed by atoms with Crippen LogP contribution in [0.2, 0.25) is 0 Å². The number of rotatable bonds is 7. The topological polar surface area (TPSA) is 66.3 Å². The Hall–Kier alpha value is -2.13. The summed E-state index contributed by atoms with van der Waals surface area (Å²) in [7, 11) is -0.0657. The van der Waals surface area contributed by atoms with Gasteiger partial charge in [0.2, 0.25) is 0 Å². The van der Waals surface area contributed by atoms with Crippen LogP contribution in [-0.2, 0) is 10.1 Å². The molecule has 0 saturated heterocycles. The minimum absolute atomic E-state index is 0.0707. The highest BCUT2D eigenvalue weighted by atomic mass is 32.2. The fourth-order valence-electron chi connectivity index (χ4n) is 2.69. The summed E-state index contributed by atoms with van der Waals surface area (Å²) in [6.07, 6.45) is 4.53. The normalized spacial score (nSPS) is 15.2. The number of hydrogen-bond donors (Lipinski definition) is 1. The van der Waals surface area contributed by atoms with Crippen LogP contribution in [0.3, 0.4) is 0 Å². The van der Waals surface area contributed by atoms with Gasteiger partial charge in [-0.2, -0.15) is 18.1 Å². The van der Waals surface area contributed by atoms with Crippen LogP contribution < -0.4 is 0 Å². The maximum atomic E-state index is 10.9. The number of allylic oxidation sites excluding steroid dienone is 5. The molecule has 1 aliphatic heterocycles. The van der Waals surface area contributed by atoms with E-state index in [4.69, 9.17) is 17.7 Å². The van der Waals surface area contributed by atoms with E-state index >= 15 is 0 Å². The summed E-state index contributed by atoms with van der Waals surface area (Å²) in [5.74, 6) is -0.174. The van der Waals surface area contributed by atoms with E-state index in [1.54, 1.807) is 0 Å². The minimum atomic E-state index is -3.94. The van der Waals surface area contributed by atoms with Crippen LogP contribution in [0.1, 0.15) is 20.3 Å². The van der Waals surface area contributed by atoms with Crippen LogP contribution in [0.15, 0.2) is 34.9 Å². The van der Waals surface area contributed by atoms with Crippen LogP contribution in [0.5, 0.6) is 0 Å². The third-order valence-electron chi connectivity index (χ3n) is 4.15. The highest BCUT2D eigenvalue weighted by Crippen LogP contribution is 2.25. The molecule has 0 aromatic heterocycles. The number of nitrogens with zero attached hydrogens (tertiary/aromatic N) is 4. The second kappa shape index (κ2) is 8.30. The molecule has 1 rings (SSSR count). The molecule has 1 aliphatic rings. The number of hydrogen-bond acceptors (Lipinski definition) is 3. The first kappa shape index (κ1) is 20.9. The maximum Gasteiger partial charge on any atom is 0.526 e. The van der Waals surface area contributed by atoms with Crippen LogP contribution in [0.25, 0.3) is 9.69 Å². The van der Waals surface area contributed by atoms with Crippen LogP contribution >= 0.6 is 0 Å². The molecule has 0 fully saturated rings. The molecule has 8 heteroatoms. The highest BCUT2D eigenvalue weighted by molar-refractivity contribution is 7.85. The summed E-state index contributed by atoms with van der Waals surface area (Å²) < 4.78 is 31.2. The average Bonchev–Trinajstić information content (AvgIpc) is 2.49. The summed E-state index contributed by atoms with van der Waals surface area (Å²) in [6.45, 7) is 19.9. The lowest BCUT2D eigenvalue weighted by Gasteiger charge is -2.33. The van der Waals surface area contributed by atoms with E-state index < -0.39 is 10.1 Å². The smallest absolute Gasteiger partial charge is 0.349 e. The van der Waals surface area contributed by atoms with Crippen molar-refractivity contribution in [3.8, 4) is 0 Å². The molecule has 0 radical (unpaired) electrons. The van der Waals surface area contributed by atoms with Gasteiger partial charge in [0.05, 0.1) is 32.8 Å². The van der Waals surface area contributed by atoms with E-state index in [-0.39, 0.29) is 11.6 Å². The van der Waals surface area contributed by atoms with Gasteiger partial charge in [0.25, 0.3) is 10.1 Å². The SMILES string of the molecule is [C-]#[N+]C([N+]#[C-])=C1C=C(C)N(CCC[N+](C)(C)CCS(=O)(=O)O)C(C)=C1. The molecule has 136 valence electrons. The van der Waals surface area contributed by atoms with Crippen molar-refractivity contribution in [2.75, 3.05) is 39.5 Å². The van der Waals surface area contributed by atoms with Gasteiger partial charge in [-0.1, -0.05) is 0 Å². The van der Waals surface area contributed by atoms with Gasteiger partial charge in [-0.25, -0.2) is 0 Å². The molecular formula is C17H25N4O3S+. The molecule has 1 N–H and O–H groups in total. The highest BCUT2D eigenvalue weighted by Gasteiger charge is 2.22. The van der Waals surface area contributed by atoms with Crippen LogP contribution in [0, 0.1) is 13.1 Å². The van der Waals surface area contributed by atoms with Crippen molar-refractivity contribution in [3.05, 3.63) is 57.8 Å². The Labute approximate surface area is 150 Å². The molecule has 0 aromatic rings. The van der Waals surface area contributed by atoms with Gasteiger partial charge in [-0.05, 0) is 26.0 Å². The zero-order chi connectivity index (χ0) is 19.3. The maximum absolute atomic E-state index is 10.9. The molecule has 0 bridgehead atoms. The van der Waals surface area contributed by atoms with Crippen molar-refractivity contribution in [1.82, 2.24) is 4.90 Å². The first-order valence-corrected chi connectivity index (χ1v) is 9.50. The zero-order valence-corrected chi connectivity index (χ0v) is 16.0. The Kier molecular flexibility index (Phi) is 6.95. The van der Waals surface area contributed by atoms with E-state index in [0.29, 0.717) is 16.6 Å². The van der Waals surface area contributed by atoms with Gasteiger partial charge in [-0.15, -0.1) is 0 Å². The molecule has 7 nitrogen and oxygen atoms in total. The van der Waals surface area contributed by atoms with Crippen molar-refractivity contribution in [2.45, 2.75) is 20.3 Å². The van der Waals surface area contributed by atoms with Crippen LogP contribution in [0.4, 0.5) is 0 Å². The standard InChI is InChI=1S/C17H24N4O3S/c1-14-12-16(17(18-3)19-4)13-15(2)20(14)8-7-9-21(5,6)10-11-25(22,23)24/h12-13H,7-11H2,1-2,5-6H3/p+1. The minimum Gasteiger partial charge on any atom is -0.349 e. The molecule has 1 heterocycles. The Morgan fingerprint density at radius 1 is 1.16 bits per heavy atom. The van der Waals surface area contributed by atoms with Crippen molar-refractivity contribution in [3.63, 3.8) is 0 Å². The second-order valence-electron chi connectivity index (χ2n) is 6.75. The first-order valence-electron chi connectivity index (χ1n) is 7.89. The third kappa shape index (κ3) is 6.71. The second-order valence-corrected chi connectivity index (χ2v) is 8.32. The van der Waals surface area contributed by atoms with Crippen LogP contribution in [-0.4, -0.2) is 61.8 Å². The summed E-state index contributed by atoms with van der Waals surface area (Å²) in [5, 5.41) is 0. The molecule has 0 aromatic carbocycles. The number of quaternary nitrogens is 1. The predicted octanol–water partition coefficient (Wildman–Crippen LogP) is 2.51. The van der Waals surface area contributed by atoms with Gasteiger partial charge < -0.3 is 9.38 Å². The Morgan fingerprint density at radius 2 is 1.68 bits per heavy atom. The van der Waals surface area contributed by atoms with Crippen molar-refractivity contribution in [1.29, 1.82) is 0 Å². The fraction of sp³-hybridized carbons (Fsp3) is 0.529. The molecule has 0 spiro atoms. The van der Waals surface area contributed by atoms with Gasteiger partial charge >= 0.3 is 5.82 Å². The van der Waals surface area contributed by atoms with E-state index in [2.05, 4.69) is 14.6 Å². The van der Waals surface area contributed by atoms with Gasteiger partial charge in [0, 0.05) is 24.4 Å². The van der Waals surface area contributed by atoms with E-state index in [1.165, 1.54) is 0 Å². The molecular weight excluding hydrogens is 340 g/mol. The Balaban J connectivity index is 2.70. The molecule has 0 aliphatic carbocycles. The summed E-state index contributed by atoms with van der Waals surface area (Å²) >= 11 is 0. The van der Waals surface area contributed by atoms with Crippen molar-refractivity contribution < 1.29 is 17.5 Å². The largest absolute Gasteiger partial charge is 0.526 e. The summed E-state index contributed by atoms with van der Waals surface area (Å²) in [6, 6.07) is 0. The lowest BCUT2D eigenvalue weighted by Crippen LogP contribution is -2.44. The first-order chi connectivity index (χ1) is 11.5. The quantitative estimate of drug-likeness (QED) is 0.428. The van der Waals surface area contributed by atoms with Gasteiger partial charge in [0.1, 0.15) is 18.9 Å². The fourth-order valence-corrected chi connectivity index (χ4v) is 3.42. The van der Waals surface area contributed by atoms with Gasteiger partial charge in [0.15, 0.2) is 0 Å². The van der Waals surface area contributed by atoms with Crippen molar-refractivity contribution >= 4 is 10.1 Å². The molecule has 0 saturated carbocycles. The molecule has 0 amide bonds. The van der Waals surface area contributed by atoms with E-state index in [9.17, 15) is 8.42 Å². The van der Waals surface area contributed by atoms with Crippen molar-refractivity contribution in [2.24, 2.45) is 0 Å². The molecule has 0 unspecified atom stereocenters. The average molecular weight is 365 g/mol. The molecule has 0 atom stereocenters. The zero-order valence-electron chi connectivity index (χ0n) is 15.2. The Bertz CT molecular complexity index is 755. The summed E-state index contributed by atoms with van der Waals surface area (Å²) in [5.41, 5.74) is 2.59. The van der Waals surface area contributed by atoms with E-state index in [1.807, 2.05) is 40.1 Å². The predicted molar refractivity (Wildman–Crippen MR) is 97.3 cm³/mol. The summed E-state index contributed by atoms with van der Waals surface area (Å²) in [4.78, 5) is 8.63. The third-order valence-corrected chi connectivity index (χ3v) is 4.85. The molecule has 25 heavy (non-hydrogen) atoms. The lowest BCUT2D eigenvalue weighted by molar-refractivity contribution is -0.888. The van der Waals surface area contributed by atoms with Gasteiger partial charge in [-0.3, -0.25) is 4.55 Å². The lowest BCUT2D eigenvalue weighted by atomic mass is 10.1. The Morgan fingerprint density at radius 3 is 2.12 bits per heavy atom. The van der Waals surface area contributed by atoms with E-state index in [0.717, 1.165) is 30.9 Å². The monoisotopic (exact) mass is 365 g/mol.